The van der Waals surface area contributed by atoms with Crippen LogP contribution in [0.2, 0.25) is 0 Å². The Balaban J connectivity index is 2.37. The van der Waals surface area contributed by atoms with Crippen molar-refractivity contribution in [2.24, 2.45) is 0 Å². The van der Waals surface area contributed by atoms with Crippen LogP contribution in [0.25, 0.3) is 6.08 Å². The van der Waals surface area contributed by atoms with Crippen LogP contribution in [0, 0.1) is 6.92 Å². The normalized spacial score (nSPS) is 11.1. The molecule has 1 aromatic heterocycles. The molecule has 2 rings (SSSR count). The third kappa shape index (κ3) is 4.74. The van der Waals surface area contributed by atoms with E-state index in [-0.39, 0.29) is 22.8 Å². The maximum atomic E-state index is 12.3. The van der Waals surface area contributed by atoms with Gasteiger partial charge in [-0.05, 0) is 32.0 Å². The van der Waals surface area contributed by atoms with Crippen LogP contribution in [-0.4, -0.2) is 25.8 Å². The highest BCUT2D eigenvalue weighted by Crippen LogP contribution is 2.15. The van der Waals surface area contributed by atoms with Gasteiger partial charge >= 0.3 is 5.63 Å². The molecule has 2 N–H and O–H groups in total. The molecular formula is C19H21N2O4+. The van der Waals surface area contributed by atoms with Crippen LogP contribution in [0.1, 0.15) is 39.0 Å². The summed E-state index contributed by atoms with van der Waals surface area (Å²) in [5, 5.41) is 2.51. The van der Waals surface area contributed by atoms with Gasteiger partial charge in [0.1, 0.15) is 11.4 Å². The summed E-state index contributed by atoms with van der Waals surface area (Å²) in [5.74, 6) is -0.530. The Morgan fingerprint density at radius 1 is 1.16 bits per heavy atom. The number of hydrogen-bond acceptors (Lipinski definition) is 4. The van der Waals surface area contributed by atoms with Crippen molar-refractivity contribution in [3.63, 3.8) is 0 Å². The second kappa shape index (κ2) is 7.72. The summed E-state index contributed by atoms with van der Waals surface area (Å²) in [6.07, 6.45) is 3.31. The molecule has 0 aliphatic carbocycles. The Morgan fingerprint density at radius 2 is 1.80 bits per heavy atom. The maximum Gasteiger partial charge on any atom is 0.360 e. The van der Waals surface area contributed by atoms with Crippen LogP contribution < -0.4 is 15.8 Å². The third-order valence-corrected chi connectivity index (χ3v) is 3.49. The van der Waals surface area contributed by atoms with E-state index in [1.54, 1.807) is 36.5 Å². The Morgan fingerprint density at radius 3 is 2.36 bits per heavy atom. The quantitative estimate of drug-likeness (QED) is 0.808. The fraction of sp³-hybridized carbons (Fsp3) is 0.211. The number of Topliss-reactive ketones (excluding diaryl/α,β-unsaturated/α-hetero) is 1. The molecule has 0 atom stereocenters. The number of hydrogen-bond donors (Lipinski definition) is 2. The summed E-state index contributed by atoms with van der Waals surface area (Å²) in [6.45, 7) is 3.29. The monoisotopic (exact) mass is 341 g/mol. The molecule has 130 valence electrons. The number of benzene rings is 1. The summed E-state index contributed by atoms with van der Waals surface area (Å²) in [6, 6.07) is 8.28. The topological polar surface area (TPSA) is 80.8 Å². The molecule has 1 amide bonds. The molecule has 0 radical (unpaired) electrons. The molecule has 1 aromatic carbocycles. The van der Waals surface area contributed by atoms with Crippen molar-refractivity contribution < 1.29 is 18.9 Å². The zero-order valence-electron chi connectivity index (χ0n) is 14.7. The molecule has 6 heteroatoms. The first-order chi connectivity index (χ1) is 11.8. The fourth-order valence-corrected chi connectivity index (χ4v) is 2.11. The van der Waals surface area contributed by atoms with Crippen LogP contribution in [-0.2, 0) is 0 Å². The molecule has 0 saturated carbocycles. The lowest BCUT2D eigenvalue weighted by Crippen LogP contribution is -3.00. The van der Waals surface area contributed by atoms with Crippen molar-refractivity contribution in [1.29, 1.82) is 0 Å². The molecule has 0 unspecified atom stereocenters. The van der Waals surface area contributed by atoms with Gasteiger partial charge in [0.05, 0.1) is 25.9 Å². The number of amides is 1. The van der Waals surface area contributed by atoms with E-state index in [1.807, 2.05) is 21.0 Å². The molecule has 1 heterocycles. The summed E-state index contributed by atoms with van der Waals surface area (Å²) < 4.78 is 5.22. The average Bonchev–Trinajstić information content (AvgIpc) is 2.55. The number of quaternary nitrogens is 1. The lowest BCUT2D eigenvalue weighted by atomic mass is 10.1. The molecular weight excluding hydrogens is 320 g/mol. The molecule has 0 aliphatic rings. The zero-order valence-corrected chi connectivity index (χ0v) is 14.7. The Hall–Kier alpha value is -2.99. The minimum atomic E-state index is -0.709. The van der Waals surface area contributed by atoms with Crippen molar-refractivity contribution >= 4 is 23.5 Å². The first-order valence-corrected chi connectivity index (χ1v) is 7.83. The van der Waals surface area contributed by atoms with E-state index in [9.17, 15) is 14.4 Å². The molecule has 25 heavy (non-hydrogen) atoms. The van der Waals surface area contributed by atoms with E-state index in [4.69, 9.17) is 4.42 Å². The first-order valence-electron chi connectivity index (χ1n) is 7.83. The van der Waals surface area contributed by atoms with Gasteiger partial charge in [0.2, 0.25) is 0 Å². The SMILES string of the molecule is CC(=O)c1cc(NC(=O)c2ccc(C)cc2)c(=O)oc1/C=C/[NH+](C)C. The highest BCUT2D eigenvalue weighted by molar-refractivity contribution is 6.05. The van der Waals surface area contributed by atoms with Crippen LogP contribution in [0.3, 0.4) is 0 Å². The Labute approximate surface area is 145 Å². The molecule has 0 bridgehead atoms. The zero-order chi connectivity index (χ0) is 18.6. The van der Waals surface area contributed by atoms with Crippen molar-refractivity contribution in [2.45, 2.75) is 13.8 Å². The predicted molar refractivity (Wildman–Crippen MR) is 96.0 cm³/mol. The van der Waals surface area contributed by atoms with Crippen LogP contribution >= 0.6 is 0 Å². The van der Waals surface area contributed by atoms with E-state index in [2.05, 4.69) is 5.32 Å². The summed E-state index contributed by atoms with van der Waals surface area (Å²) >= 11 is 0. The van der Waals surface area contributed by atoms with E-state index in [1.165, 1.54) is 13.0 Å². The lowest BCUT2D eigenvalue weighted by molar-refractivity contribution is -0.800. The molecule has 0 spiro atoms. The van der Waals surface area contributed by atoms with Gasteiger partial charge in [-0.1, -0.05) is 17.7 Å². The van der Waals surface area contributed by atoms with Crippen LogP contribution in [0.5, 0.6) is 0 Å². The minimum Gasteiger partial charge on any atom is -0.421 e. The number of anilines is 1. The van der Waals surface area contributed by atoms with E-state index < -0.39 is 11.5 Å². The van der Waals surface area contributed by atoms with Crippen LogP contribution in [0.15, 0.2) is 45.7 Å². The van der Waals surface area contributed by atoms with Crippen LogP contribution in [0.4, 0.5) is 5.69 Å². The number of ketones is 1. The van der Waals surface area contributed by atoms with Gasteiger partial charge in [-0.3, -0.25) is 9.59 Å². The minimum absolute atomic E-state index is 0.0647. The number of carbonyl (C=O) groups is 2. The van der Waals surface area contributed by atoms with Gasteiger partial charge in [0.15, 0.2) is 5.78 Å². The first kappa shape index (κ1) is 18.4. The van der Waals surface area contributed by atoms with Crippen molar-refractivity contribution in [2.75, 3.05) is 19.4 Å². The maximum absolute atomic E-state index is 12.3. The van der Waals surface area contributed by atoms with Gasteiger partial charge in [0.25, 0.3) is 5.91 Å². The molecule has 0 fully saturated rings. The lowest BCUT2D eigenvalue weighted by Gasteiger charge is -2.07. The largest absolute Gasteiger partial charge is 0.421 e. The standard InChI is InChI=1S/C19H20N2O4/c1-12-5-7-14(8-6-12)18(23)20-16-11-15(13(2)22)17(25-19(16)24)9-10-21(3)4/h5-11H,1-4H3,(H,20,23)/p+1/b10-9+. The second-order valence-electron chi connectivity index (χ2n) is 6.01. The second-order valence-corrected chi connectivity index (χ2v) is 6.01. The fourth-order valence-electron chi connectivity index (χ4n) is 2.11. The van der Waals surface area contributed by atoms with E-state index in [0.717, 1.165) is 10.5 Å². The summed E-state index contributed by atoms with van der Waals surface area (Å²) in [7, 11) is 3.77. The number of aryl methyl sites for hydroxylation is 1. The van der Waals surface area contributed by atoms with Crippen molar-refractivity contribution in [1.82, 2.24) is 0 Å². The van der Waals surface area contributed by atoms with Gasteiger partial charge in [-0.15, -0.1) is 0 Å². The van der Waals surface area contributed by atoms with Gasteiger partial charge < -0.3 is 14.6 Å². The molecule has 0 aliphatic heterocycles. The van der Waals surface area contributed by atoms with Crippen molar-refractivity contribution in [3.05, 3.63) is 69.4 Å². The predicted octanol–water partition coefficient (Wildman–Crippen LogP) is 1.52. The highest BCUT2D eigenvalue weighted by atomic mass is 16.4. The van der Waals surface area contributed by atoms with E-state index >= 15 is 0 Å². The Bertz CT molecular complexity index is 877. The molecule has 0 saturated heterocycles. The van der Waals surface area contributed by atoms with Crippen molar-refractivity contribution in [3.8, 4) is 0 Å². The number of nitrogens with one attached hydrogen (secondary N) is 2. The highest BCUT2D eigenvalue weighted by Gasteiger charge is 2.16. The van der Waals surface area contributed by atoms with Gasteiger partial charge in [0, 0.05) is 11.6 Å². The smallest absolute Gasteiger partial charge is 0.360 e. The average molecular weight is 341 g/mol. The summed E-state index contributed by atoms with van der Waals surface area (Å²) in [4.78, 5) is 37.3. The number of carbonyl (C=O) groups excluding carboxylic acids is 2. The molecule has 2 aromatic rings. The molecule has 6 nitrogen and oxygen atoms in total. The number of rotatable bonds is 5. The van der Waals surface area contributed by atoms with Gasteiger partial charge in [-0.2, -0.15) is 0 Å². The van der Waals surface area contributed by atoms with Gasteiger partial charge in [-0.25, -0.2) is 4.79 Å². The summed E-state index contributed by atoms with van der Waals surface area (Å²) in [5.41, 5.74) is 0.893. The van der Waals surface area contributed by atoms with E-state index in [0.29, 0.717) is 5.56 Å². The third-order valence-electron chi connectivity index (χ3n) is 3.49. The Kier molecular flexibility index (Phi) is 5.67.